The van der Waals surface area contributed by atoms with Gasteiger partial charge < -0.3 is 9.47 Å². The van der Waals surface area contributed by atoms with Gasteiger partial charge in [0, 0.05) is 0 Å². The van der Waals surface area contributed by atoms with Crippen LogP contribution < -0.4 is 0 Å². The number of fused-ring (bicyclic) bond motifs is 1. The standard InChI is InChI=1S/C11H18O2/c1-3-11-5-4-8(6-9(11)13-11)10(2)7-12-10/h8-9H,3-7H2,1-2H3. The zero-order chi connectivity index (χ0) is 9.10. The molecule has 3 fully saturated rings. The molecule has 0 amide bonds. The van der Waals surface area contributed by atoms with Crippen LogP contribution in [0.2, 0.25) is 0 Å². The second kappa shape index (κ2) is 2.29. The average Bonchev–Trinajstić information content (AvgIpc) is 2.99. The first-order valence-corrected chi connectivity index (χ1v) is 5.50. The van der Waals surface area contributed by atoms with Gasteiger partial charge in [0.2, 0.25) is 0 Å². The molecule has 0 aromatic rings. The summed E-state index contributed by atoms with van der Waals surface area (Å²) >= 11 is 0. The average molecular weight is 182 g/mol. The molecule has 74 valence electrons. The van der Waals surface area contributed by atoms with Crippen LogP contribution in [0.1, 0.15) is 39.5 Å². The quantitative estimate of drug-likeness (QED) is 0.611. The van der Waals surface area contributed by atoms with E-state index in [9.17, 15) is 0 Å². The lowest BCUT2D eigenvalue weighted by Crippen LogP contribution is -2.31. The van der Waals surface area contributed by atoms with Crippen molar-refractivity contribution in [1.29, 1.82) is 0 Å². The maximum absolute atomic E-state index is 5.81. The van der Waals surface area contributed by atoms with Gasteiger partial charge in [-0.3, -0.25) is 0 Å². The van der Waals surface area contributed by atoms with E-state index in [1.165, 1.54) is 25.7 Å². The summed E-state index contributed by atoms with van der Waals surface area (Å²) in [4.78, 5) is 0. The van der Waals surface area contributed by atoms with E-state index in [0.29, 0.717) is 11.7 Å². The highest BCUT2D eigenvalue weighted by molar-refractivity contribution is 5.10. The van der Waals surface area contributed by atoms with Crippen molar-refractivity contribution in [3.05, 3.63) is 0 Å². The van der Waals surface area contributed by atoms with E-state index in [2.05, 4.69) is 13.8 Å². The van der Waals surface area contributed by atoms with E-state index < -0.39 is 0 Å². The van der Waals surface area contributed by atoms with Gasteiger partial charge in [0.15, 0.2) is 0 Å². The third-order valence-electron chi connectivity index (χ3n) is 4.38. The fraction of sp³-hybridized carbons (Fsp3) is 1.00. The van der Waals surface area contributed by atoms with Crippen LogP contribution in [0.25, 0.3) is 0 Å². The summed E-state index contributed by atoms with van der Waals surface area (Å²) in [6.07, 6.45) is 5.57. The van der Waals surface area contributed by atoms with Crippen LogP contribution in [0, 0.1) is 5.92 Å². The van der Waals surface area contributed by atoms with Crippen LogP contribution in [0.15, 0.2) is 0 Å². The largest absolute Gasteiger partial charge is 0.370 e. The highest BCUT2D eigenvalue weighted by Gasteiger charge is 2.61. The third kappa shape index (κ3) is 1.08. The molecule has 2 aliphatic heterocycles. The van der Waals surface area contributed by atoms with Gasteiger partial charge in [0.25, 0.3) is 0 Å². The molecular formula is C11H18O2. The van der Waals surface area contributed by atoms with Crippen molar-refractivity contribution in [3.63, 3.8) is 0 Å². The van der Waals surface area contributed by atoms with Gasteiger partial charge in [-0.25, -0.2) is 0 Å². The first-order chi connectivity index (χ1) is 6.19. The molecule has 3 rings (SSSR count). The number of epoxide rings is 2. The Labute approximate surface area is 79.6 Å². The molecule has 4 atom stereocenters. The lowest BCUT2D eigenvalue weighted by molar-refractivity contribution is 0.187. The van der Waals surface area contributed by atoms with Gasteiger partial charge in [-0.05, 0) is 38.5 Å². The van der Waals surface area contributed by atoms with Crippen LogP contribution in [0.4, 0.5) is 0 Å². The number of rotatable bonds is 2. The molecular weight excluding hydrogens is 164 g/mol. The van der Waals surface area contributed by atoms with Crippen LogP contribution in [0.3, 0.4) is 0 Å². The highest BCUT2D eigenvalue weighted by Crippen LogP contribution is 2.55. The minimum Gasteiger partial charge on any atom is -0.370 e. The van der Waals surface area contributed by atoms with Gasteiger partial charge in [-0.1, -0.05) is 6.92 Å². The molecule has 1 saturated carbocycles. The molecule has 2 heteroatoms. The lowest BCUT2D eigenvalue weighted by atomic mass is 9.75. The van der Waals surface area contributed by atoms with Crippen molar-refractivity contribution < 1.29 is 9.47 Å². The Hall–Kier alpha value is -0.0800. The Morgan fingerprint density at radius 3 is 2.77 bits per heavy atom. The van der Waals surface area contributed by atoms with Crippen LogP contribution in [-0.2, 0) is 9.47 Å². The molecule has 2 saturated heterocycles. The molecule has 2 heterocycles. The monoisotopic (exact) mass is 182 g/mol. The zero-order valence-electron chi connectivity index (χ0n) is 8.51. The first-order valence-electron chi connectivity index (χ1n) is 5.50. The molecule has 0 bridgehead atoms. The first kappa shape index (κ1) is 8.25. The summed E-state index contributed by atoms with van der Waals surface area (Å²) in [7, 11) is 0. The molecule has 13 heavy (non-hydrogen) atoms. The Bertz CT molecular complexity index is 234. The topological polar surface area (TPSA) is 25.1 Å². The predicted octanol–water partition coefficient (Wildman–Crippen LogP) is 2.12. The third-order valence-corrected chi connectivity index (χ3v) is 4.38. The van der Waals surface area contributed by atoms with Crippen molar-refractivity contribution in [3.8, 4) is 0 Å². The maximum Gasteiger partial charge on any atom is 0.0946 e. The van der Waals surface area contributed by atoms with E-state index in [4.69, 9.17) is 9.47 Å². The normalized spacial score (nSPS) is 58.6. The van der Waals surface area contributed by atoms with Crippen molar-refractivity contribution in [2.75, 3.05) is 6.61 Å². The molecule has 0 aromatic heterocycles. The molecule has 2 nitrogen and oxygen atoms in total. The van der Waals surface area contributed by atoms with Crippen molar-refractivity contribution >= 4 is 0 Å². The smallest absolute Gasteiger partial charge is 0.0946 e. The predicted molar refractivity (Wildman–Crippen MR) is 49.6 cm³/mol. The Kier molecular flexibility index (Phi) is 1.45. The minimum absolute atomic E-state index is 0.228. The molecule has 0 N–H and O–H groups in total. The van der Waals surface area contributed by atoms with Gasteiger partial charge >= 0.3 is 0 Å². The molecule has 1 aliphatic carbocycles. The van der Waals surface area contributed by atoms with Crippen LogP contribution in [0.5, 0.6) is 0 Å². The van der Waals surface area contributed by atoms with E-state index in [1.807, 2.05) is 0 Å². The van der Waals surface area contributed by atoms with Crippen molar-refractivity contribution in [2.24, 2.45) is 5.92 Å². The Balaban J connectivity index is 1.67. The summed E-state index contributed by atoms with van der Waals surface area (Å²) < 4.78 is 11.3. The Morgan fingerprint density at radius 1 is 1.46 bits per heavy atom. The summed E-state index contributed by atoms with van der Waals surface area (Å²) in [6.45, 7) is 5.47. The van der Waals surface area contributed by atoms with E-state index in [-0.39, 0.29) is 5.60 Å². The minimum atomic E-state index is 0.228. The molecule has 0 aromatic carbocycles. The van der Waals surface area contributed by atoms with Crippen molar-refractivity contribution in [1.82, 2.24) is 0 Å². The fourth-order valence-corrected chi connectivity index (χ4v) is 2.92. The maximum atomic E-state index is 5.81. The second-order valence-corrected chi connectivity index (χ2v) is 5.10. The molecule has 4 unspecified atom stereocenters. The van der Waals surface area contributed by atoms with E-state index in [0.717, 1.165) is 12.5 Å². The fourth-order valence-electron chi connectivity index (χ4n) is 2.92. The highest BCUT2D eigenvalue weighted by atomic mass is 16.6. The van der Waals surface area contributed by atoms with Crippen LogP contribution in [-0.4, -0.2) is 23.9 Å². The van der Waals surface area contributed by atoms with Crippen molar-refractivity contribution in [2.45, 2.75) is 56.8 Å². The van der Waals surface area contributed by atoms with Gasteiger partial charge in [0.1, 0.15) is 0 Å². The summed E-state index contributed by atoms with van der Waals surface area (Å²) in [6, 6.07) is 0. The summed E-state index contributed by atoms with van der Waals surface area (Å²) in [5.74, 6) is 0.764. The van der Waals surface area contributed by atoms with Gasteiger partial charge in [0.05, 0.1) is 23.9 Å². The number of ether oxygens (including phenoxy) is 2. The van der Waals surface area contributed by atoms with Crippen LogP contribution >= 0.6 is 0 Å². The summed E-state index contributed by atoms with van der Waals surface area (Å²) in [5.41, 5.74) is 0.535. The summed E-state index contributed by atoms with van der Waals surface area (Å²) in [5, 5.41) is 0. The number of hydrogen-bond donors (Lipinski definition) is 0. The lowest BCUT2D eigenvalue weighted by Gasteiger charge is -2.26. The van der Waals surface area contributed by atoms with Gasteiger partial charge in [-0.15, -0.1) is 0 Å². The Morgan fingerprint density at radius 2 is 2.23 bits per heavy atom. The molecule has 3 aliphatic rings. The number of hydrogen-bond acceptors (Lipinski definition) is 2. The van der Waals surface area contributed by atoms with Gasteiger partial charge in [-0.2, -0.15) is 0 Å². The molecule has 0 radical (unpaired) electrons. The SMILES string of the molecule is CCC12CCC(C3(C)CO3)CC1O2. The second-order valence-electron chi connectivity index (χ2n) is 5.10. The van der Waals surface area contributed by atoms with E-state index >= 15 is 0 Å². The van der Waals surface area contributed by atoms with E-state index in [1.54, 1.807) is 0 Å². The molecule has 0 spiro atoms. The zero-order valence-corrected chi connectivity index (χ0v) is 8.51.